The topological polar surface area (TPSA) is 103 Å². The van der Waals surface area contributed by atoms with Crippen molar-refractivity contribution in [2.75, 3.05) is 18.7 Å². The van der Waals surface area contributed by atoms with Crippen LogP contribution in [0.15, 0.2) is 47.0 Å². The molecule has 1 amide bonds. The molecule has 2 heterocycles. The number of ether oxygens (including phenoxy) is 3. The van der Waals surface area contributed by atoms with Crippen LogP contribution in [-0.2, 0) is 16.1 Å². The SMILES string of the molecule is O=C(COCc1cc(-c2ccc3c(c2)OCO3)on1)Nc1cc(Cl)ccc1O. The third kappa shape index (κ3) is 4.03. The maximum atomic E-state index is 11.9. The van der Waals surface area contributed by atoms with Gasteiger partial charge in [-0.25, -0.2) is 0 Å². The lowest BCUT2D eigenvalue weighted by Crippen LogP contribution is -2.18. The van der Waals surface area contributed by atoms with Crippen LogP contribution < -0.4 is 14.8 Å². The van der Waals surface area contributed by atoms with Crippen molar-refractivity contribution in [3.63, 3.8) is 0 Å². The minimum Gasteiger partial charge on any atom is -0.506 e. The Hall–Kier alpha value is -3.23. The molecule has 0 unspecified atom stereocenters. The number of anilines is 1. The minimum atomic E-state index is -0.433. The number of hydrogen-bond acceptors (Lipinski definition) is 7. The Bertz CT molecular complexity index is 1020. The van der Waals surface area contributed by atoms with E-state index in [-0.39, 0.29) is 31.4 Å². The summed E-state index contributed by atoms with van der Waals surface area (Å²) >= 11 is 5.84. The Morgan fingerprint density at radius 2 is 2.04 bits per heavy atom. The Balaban J connectivity index is 1.31. The first-order chi connectivity index (χ1) is 13.6. The first-order valence-corrected chi connectivity index (χ1v) is 8.68. The highest BCUT2D eigenvalue weighted by molar-refractivity contribution is 6.31. The molecule has 1 aliphatic heterocycles. The van der Waals surface area contributed by atoms with Crippen molar-refractivity contribution >= 4 is 23.2 Å². The van der Waals surface area contributed by atoms with Gasteiger partial charge in [-0.15, -0.1) is 0 Å². The Kier molecular flexibility index (Phi) is 5.05. The Morgan fingerprint density at radius 3 is 2.93 bits per heavy atom. The van der Waals surface area contributed by atoms with Gasteiger partial charge in [-0.2, -0.15) is 0 Å². The number of aromatic nitrogens is 1. The zero-order valence-electron chi connectivity index (χ0n) is 14.5. The van der Waals surface area contributed by atoms with E-state index in [0.717, 1.165) is 5.56 Å². The maximum Gasteiger partial charge on any atom is 0.250 e. The van der Waals surface area contributed by atoms with Crippen molar-refractivity contribution in [2.45, 2.75) is 6.61 Å². The number of nitrogens with one attached hydrogen (secondary N) is 1. The molecule has 9 heteroatoms. The van der Waals surface area contributed by atoms with E-state index in [9.17, 15) is 9.90 Å². The molecule has 0 saturated carbocycles. The predicted molar refractivity (Wildman–Crippen MR) is 99.5 cm³/mol. The van der Waals surface area contributed by atoms with Gasteiger partial charge in [0.25, 0.3) is 0 Å². The van der Waals surface area contributed by atoms with Crippen LogP contribution in [0.3, 0.4) is 0 Å². The van der Waals surface area contributed by atoms with Crippen molar-refractivity contribution in [1.82, 2.24) is 5.16 Å². The summed E-state index contributed by atoms with van der Waals surface area (Å²) in [6.45, 7) is 0.0600. The largest absolute Gasteiger partial charge is 0.506 e. The second-order valence-electron chi connectivity index (χ2n) is 5.95. The van der Waals surface area contributed by atoms with E-state index in [2.05, 4.69) is 10.5 Å². The van der Waals surface area contributed by atoms with Crippen molar-refractivity contribution in [1.29, 1.82) is 0 Å². The van der Waals surface area contributed by atoms with Gasteiger partial charge in [0.2, 0.25) is 12.7 Å². The number of amides is 1. The molecule has 1 aliphatic rings. The highest BCUT2D eigenvalue weighted by Gasteiger charge is 2.16. The zero-order chi connectivity index (χ0) is 19.5. The maximum absolute atomic E-state index is 11.9. The number of fused-ring (bicyclic) bond motifs is 1. The molecule has 2 aromatic carbocycles. The van der Waals surface area contributed by atoms with Gasteiger partial charge in [0.05, 0.1) is 12.3 Å². The molecule has 0 saturated heterocycles. The highest BCUT2D eigenvalue weighted by Crippen LogP contribution is 2.36. The van der Waals surface area contributed by atoms with Crippen LogP contribution in [0.1, 0.15) is 5.69 Å². The summed E-state index contributed by atoms with van der Waals surface area (Å²) < 4.78 is 21.3. The van der Waals surface area contributed by atoms with E-state index in [1.165, 1.54) is 18.2 Å². The Morgan fingerprint density at radius 1 is 1.18 bits per heavy atom. The van der Waals surface area contributed by atoms with Crippen molar-refractivity contribution in [3.8, 4) is 28.6 Å². The van der Waals surface area contributed by atoms with Gasteiger partial charge in [0, 0.05) is 16.7 Å². The number of benzene rings is 2. The normalized spacial score (nSPS) is 12.2. The van der Waals surface area contributed by atoms with Crippen LogP contribution >= 0.6 is 11.6 Å². The van der Waals surface area contributed by atoms with Crippen LogP contribution in [0.2, 0.25) is 5.02 Å². The Labute approximate surface area is 164 Å². The standard InChI is InChI=1S/C19H15ClN2O6/c20-12-2-3-15(23)14(6-12)21-19(24)9-25-8-13-7-17(28-22-13)11-1-4-16-18(5-11)27-10-26-16/h1-7,23H,8-10H2,(H,21,24). The molecule has 0 radical (unpaired) electrons. The van der Waals surface area contributed by atoms with Gasteiger partial charge in [-0.1, -0.05) is 16.8 Å². The summed E-state index contributed by atoms with van der Waals surface area (Å²) in [5, 5.41) is 16.6. The molecule has 28 heavy (non-hydrogen) atoms. The first kappa shape index (κ1) is 18.1. The fraction of sp³-hybridized carbons (Fsp3) is 0.158. The molecule has 1 aromatic heterocycles. The summed E-state index contributed by atoms with van der Waals surface area (Å²) in [4.78, 5) is 11.9. The molecule has 0 atom stereocenters. The van der Waals surface area contributed by atoms with E-state index in [4.69, 9.17) is 30.3 Å². The number of rotatable bonds is 6. The third-order valence-electron chi connectivity index (χ3n) is 3.93. The molecule has 0 fully saturated rings. The van der Waals surface area contributed by atoms with Crippen LogP contribution in [-0.4, -0.2) is 29.6 Å². The number of nitrogens with zero attached hydrogens (tertiary/aromatic N) is 1. The lowest BCUT2D eigenvalue weighted by molar-refractivity contribution is -0.121. The molecule has 144 valence electrons. The van der Waals surface area contributed by atoms with E-state index < -0.39 is 5.91 Å². The van der Waals surface area contributed by atoms with Gasteiger partial charge < -0.3 is 29.2 Å². The van der Waals surface area contributed by atoms with Gasteiger partial charge >= 0.3 is 0 Å². The molecule has 2 N–H and O–H groups in total. The monoisotopic (exact) mass is 402 g/mol. The number of carbonyl (C=O) groups excluding carboxylic acids is 1. The summed E-state index contributed by atoms with van der Waals surface area (Å²) in [6, 6.07) is 11.5. The highest BCUT2D eigenvalue weighted by atomic mass is 35.5. The quantitative estimate of drug-likeness (QED) is 0.607. The van der Waals surface area contributed by atoms with E-state index in [0.29, 0.717) is 28.0 Å². The van der Waals surface area contributed by atoms with Crippen molar-refractivity contribution < 1.29 is 28.6 Å². The average molecular weight is 403 g/mol. The summed E-state index contributed by atoms with van der Waals surface area (Å²) in [7, 11) is 0. The molecule has 0 bridgehead atoms. The average Bonchev–Trinajstić information content (AvgIpc) is 3.33. The smallest absolute Gasteiger partial charge is 0.250 e. The lowest BCUT2D eigenvalue weighted by Gasteiger charge is -2.07. The molecule has 3 aromatic rings. The van der Waals surface area contributed by atoms with Crippen LogP contribution in [0.25, 0.3) is 11.3 Å². The second kappa shape index (κ2) is 7.79. The van der Waals surface area contributed by atoms with Crippen molar-refractivity contribution in [3.05, 3.63) is 53.2 Å². The molecule has 8 nitrogen and oxygen atoms in total. The molecular weight excluding hydrogens is 388 g/mol. The number of phenolic OH excluding ortho intramolecular Hbond substituents is 1. The van der Waals surface area contributed by atoms with Crippen molar-refractivity contribution in [2.24, 2.45) is 0 Å². The fourth-order valence-electron chi connectivity index (χ4n) is 2.61. The van der Waals surface area contributed by atoms with Gasteiger partial charge in [-0.3, -0.25) is 4.79 Å². The minimum absolute atomic E-state index is 0.0809. The van der Waals surface area contributed by atoms with Crippen LogP contribution in [0.4, 0.5) is 5.69 Å². The summed E-state index contributed by atoms with van der Waals surface area (Å²) in [6.07, 6.45) is 0. The first-order valence-electron chi connectivity index (χ1n) is 8.30. The number of aromatic hydroxyl groups is 1. The summed E-state index contributed by atoms with van der Waals surface area (Å²) in [5.41, 5.74) is 1.54. The fourth-order valence-corrected chi connectivity index (χ4v) is 2.78. The van der Waals surface area contributed by atoms with Crippen LogP contribution in [0, 0.1) is 0 Å². The summed E-state index contributed by atoms with van der Waals surface area (Å²) in [5.74, 6) is 1.36. The van der Waals surface area contributed by atoms with Gasteiger partial charge in [-0.05, 0) is 36.4 Å². The van der Waals surface area contributed by atoms with Gasteiger partial charge in [0.15, 0.2) is 17.3 Å². The zero-order valence-corrected chi connectivity index (χ0v) is 15.2. The number of carbonyl (C=O) groups is 1. The van der Waals surface area contributed by atoms with Gasteiger partial charge in [0.1, 0.15) is 18.1 Å². The lowest BCUT2D eigenvalue weighted by atomic mass is 10.1. The molecular formula is C19H15ClN2O6. The number of halogens is 1. The predicted octanol–water partition coefficient (Wildman–Crippen LogP) is 3.58. The number of phenols is 1. The molecule has 0 aliphatic carbocycles. The third-order valence-corrected chi connectivity index (χ3v) is 4.17. The van der Waals surface area contributed by atoms with E-state index >= 15 is 0 Å². The number of hydrogen-bond donors (Lipinski definition) is 2. The molecule has 4 rings (SSSR count). The second-order valence-corrected chi connectivity index (χ2v) is 6.39. The van der Waals surface area contributed by atoms with E-state index in [1.807, 2.05) is 6.07 Å². The van der Waals surface area contributed by atoms with E-state index in [1.54, 1.807) is 18.2 Å². The molecule has 0 spiro atoms. The van der Waals surface area contributed by atoms with Crippen LogP contribution in [0.5, 0.6) is 17.2 Å².